The molecular weight excluding hydrogens is 431 g/mol. The van der Waals surface area contributed by atoms with E-state index in [0.717, 1.165) is 0 Å². The highest BCUT2D eigenvalue weighted by Crippen LogP contribution is 2.60. The van der Waals surface area contributed by atoms with Gasteiger partial charge in [0.2, 0.25) is 0 Å². The second-order valence-electron chi connectivity index (χ2n) is 12.3. The van der Waals surface area contributed by atoms with E-state index in [1.807, 2.05) is 0 Å². The van der Waals surface area contributed by atoms with Crippen molar-refractivity contribution < 1.29 is 0 Å². The molecule has 0 aromatic heterocycles. The minimum Gasteiger partial charge on any atom is -0.0656 e. The Morgan fingerprint density at radius 3 is 1.48 bits per heavy atom. The Kier molecular flexibility index (Phi) is 6.13. The minimum atomic E-state index is -1.61. The highest BCUT2D eigenvalue weighted by Gasteiger charge is 2.38. The van der Waals surface area contributed by atoms with Gasteiger partial charge < -0.3 is 0 Å². The summed E-state index contributed by atoms with van der Waals surface area (Å²) in [6.07, 6.45) is 0. The first-order valence-corrected chi connectivity index (χ1v) is 17.0. The number of hydrogen-bond acceptors (Lipinski definition) is 0. The van der Waals surface area contributed by atoms with E-state index in [1.165, 1.54) is 32.7 Å². The molecule has 0 N–H and O–H groups in total. The van der Waals surface area contributed by atoms with Gasteiger partial charge in [0.1, 0.15) is 0 Å². The summed E-state index contributed by atoms with van der Waals surface area (Å²) < 4.78 is 0. The molecule has 0 aliphatic heterocycles. The largest absolute Gasteiger partial charge is 0.0784 e. The molecule has 0 unspecified atom stereocenters. The zero-order valence-electron chi connectivity index (χ0n) is 21.9. The van der Waals surface area contributed by atoms with E-state index in [4.69, 9.17) is 0 Å². The molecule has 0 radical (unpaired) electrons. The topological polar surface area (TPSA) is 0 Å². The normalized spacial score (nSPS) is 13.3. The van der Waals surface area contributed by atoms with Crippen molar-refractivity contribution in [3.63, 3.8) is 0 Å². The van der Waals surface area contributed by atoms with Gasteiger partial charge in [-0.2, -0.15) is 0 Å². The van der Waals surface area contributed by atoms with E-state index in [-0.39, 0.29) is 10.3 Å². The Labute approximate surface area is 203 Å². The summed E-state index contributed by atoms with van der Waals surface area (Å²) in [6.45, 7) is 22.1. The lowest BCUT2D eigenvalue weighted by atomic mass is 9.93. The van der Waals surface area contributed by atoms with Crippen LogP contribution in [0.4, 0.5) is 0 Å². The second-order valence-corrected chi connectivity index (χ2v) is 21.2. The second kappa shape index (κ2) is 8.37. The van der Waals surface area contributed by atoms with Gasteiger partial charge in [-0.3, -0.25) is 0 Å². The monoisotopic (exact) mass is 470 g/mol. The van der Waals surface area contributed by atoms with Crippen LogP contribution < -0.4 is 10.5 Å². The van der Waals surface area contributed by atoms with E-state index >= 15 is 0 Å². The molecule has 0 atom stereocenters. The van der Waals surface area contributed by atoms with E-state index in [2.05, 4.69) is 134 Å². The predicted molar refractivity (Wildman–Crippen MR) is 156 cm³/mol. The average Bonchev–Trinajstić information content (AvgIpc) is 2.70. The Bertz CT molecular complexity index is 1300. The zero-order valence-corrected chi connectivity index (χ0v) is 23.8. The summed E-state index contributed by atoms with van der Waals surface area (Å²) >= 11 is 0. The molecular formula is C31H39PSi. The molecule has 0 spiro atoms. The summed E-state index contributed by atoms with van der Waals surface area (Å²) in [4.78, 5) is 0. The van der Waals surface area contributed by atoms with Gasteiger partial charge in [-0.1, -0.05) is 147 Å². The summed E-state index contributed by atoms with van der Waals surface area (Å²) in [7, 11) is -2.05. The van der Waals surface area contributed by atoms with Gasteiger partial charge in [0, 0.05) is 0 Å². The van der Waals surface area contributed by atoms with Crippen LogP contribution >= 0.6 is 7.92 Å². The standard InChI is InChI=1S/C31H39PSi/c1-30(2,3)32(31(4,5)6)26-20-18-22-14-10-12-16-24(22)28(26)29-25-17-13-11-15-23(25)19-21-27(29)33(7,8)9/h10-21H,1-9H3. The van der Waals surface area contributed by atoms with Crippen LogP contribution in [-0.4, -0.2) is 18.4 Å². The number of benzene rings is 4. The SMILES string of the molecule is CC(C)(C)P(c1ccc2ccccc2c1-c1c([Si](C)(C)C)ccc2ccccc12)C(C)(C)C. The van der Waals surface area contributed by atoms with E-state index < -0.39 is 16.0 Å². The van der Waals surface area contributed by atoms with Gasteiger partial charge in [-0.15, -0.1) is 0 Å². The zero-order chi connectivity index (χ0) is 24.2. The first-order chi connectivity index (χ1) is 15.3. The molecule has 4 aromatic rings. The van der Waals surface area contributed by atoms with Gasteiger partial charge in [0.05, 0.1) is 8.07 Å². The number of fused-ring (bicyclic) bond motifs is 2. The lowest BCUT2D eigenvalue weighted by Gasteiger charge is -2.43. The Morgan fingerprint density at radius 2 is 1.00 bits per heavy atom. The van der Waals surface area contributed by atoms with Crippen molar-refractivity contribution in [3.05, 3.63) is 72.8 Å². The predicted octanol–water partition coefficient (Wildman–Crippen LogP) is 8.91. The molecule has 33 heavy (non-hydrogen) atoms. The fraction of sp³-hybridized carbons (Fsp3) is 0.355. The molecule has 2 heteroatoms. The third kappa shape index (κ3) is 4.55. The molecule has 4 rings (SSSR count). The van der Waals surface area contributed by atoms with Crippen LogP contribution in [0.3, 0.4) is 0 Å². The smallest absolute Gasteiger partial charge is 0.0656 e. The van der Waals surface area contributed by atoms with Crippen molar-refractivity contribution >= 4 is 48.0 Å². The first kappa shape index (κ1) is 24.2. The quantitative estimate of drug-likeness (QED) is 0.207. The van der Waals surface area contributed by atoms with Crippen molar-refractivity contribution in [1.29, 1.82) is 0 Å². The number of rotatable bonds is 3. The minimum absolute atomic E-state index is 0.203. The summed E-state index contributed by atoms with van der Waals surface area (Å²) in [5.74, 6) is 0. The summed E-state index contributed by atoms with van der Waals surface area (Å²) in [5, 5.41) is 8.99. The van der Waals surface area contributed by atoms with E-state index in [1.54, 1.807) is 10.5 Å². The molecule has 0 bridgehead atoms. The molecule has 0 saturated heterocycles. The fourth-order valence-electron chi connectivity index (χ4n) is 5.60. The Hall–Kier alpha value is -1.95. The van der Waals surface area contributed by atoms with Crippen molar-refractivity contribution in [1.82, 2.24) is 0 Å². The van der Waals surface area contributed by atoms with Crippen LogP contribution in [0, 0.1) is 0 Å². The molecule has 172 valence electrons. The summed E-state index contributed by atoms with van der Waals surface area (Å²) in [6, 6.07) is 27.6. The van der Waals surface area contributed by atoms with Gasteiger partial charge in [0.25, 0.3) is 0 Å². The average molecular weight is 471 g/mol. The van der Waals surface area contributed by atoms with E-state index in [9.17, 15) is 0 Å². The Morgan fingerprint density at radius 1 is 0.545 bits per heavy atom. The molecule has 0 aliphatic carbocycles. The molecule has 4 aromatic carbocycles. The van der Waals surface area contributed by atoms with Crippen molar-refractivity contribution in [2.45, 2.75) is 71.5 Å². The molecule has 0 heterocycles. The molecule has 0 fully saturated rings. The molecule has 0 amide bonds. The van der Waals surface area contributed by atoms with Gasteiger partial charge >= 0.3 is 0 Å². The fourth-order valence-corrected chi connectivity index (χ4v) is 11.3. The van der Waals surface area contributed by atoms with Crippen LogP contribution in [0.15, 0.2) is 72.8 Å². The first-order valence-electron chi connectivity index (χ1n) is 12.1. The molecule has 0 nitrogen and oxygen atoms in total. The lowest BCUT2D eigenvalue weighted by molar-refractivity contribution is 0.715. The van der Waals surface area contributed by atoms with Crippen molar-refractivity contribution in [2.75, 3.05) is 0 Å². The maximum atomic E-state index is 2.49. The molecule has 0 aliphatic rings. The van der Waals surface area contributed by atoms with Crippen LogP contribution in [0.5, 0.6) is 0 Å². The van der Waals surface area contributed by atoms with E-state index in [0.29, 0.717) is 0 Å². The van der Waals surface area contributed by atoms with Gasteiger partial charge in [-0.05, 0) is 48.3 Å². The lowest BCUT2D eigenvalue weighted by Crippen LogP contribution is -2.40. The third-order valence-electron chi connectivity index (χ3n) is 6.48. The van der Waals surface area contributed by atoms with Gasteiger partial charge in [-0.25, -0.2) is 0 Å². The highest BCUT2D eigenvalue weighted by molar-refractivity contribution is 7.68. The maximum absolute atomic E-state index is 2.49. The van der Waals surface area contributed by atoms with Crippen molar-refractivity contribution in [2.24, 2.45) is 0 Å². The Balaban J connectivity index is 2.26. The van der Waals surface area contributed by atoms with Crippen LogP contribution in [0.2, 0.25) is 19.6 Å². The van der Waals surface area contributed by atoms with Gasteiger partial charge in [0.15, 0.2) is 0 Å². The highest BCUT2D eigenvalue weighted by atomic mass is 31.1. The van der Waals surface area contributed by atoms with Crippen LogP contribution in [-0.2, 0) is 0 Å². The maximum Gasteiger partial charge on any atom is 0.0784 e. The number of hydrogen-bond donors (Lipinski definition) is 0. The molecule has 0 saturated carbocycles. The van der Waals surface area contributed by atoms with Crippen LogP contribution in [0.1, 0.15) is 41.5 Å². The van der Waals surface area contributed by atoms with Crippen molar-refractivity contribution in [3.8, 4) is 11.1 Å². The summed E-state index contributed by atoms with van der Waals surface area (Å²) in [5.41, 5.74) is 2.97. The van der Waals surface area contributed by atoms with Crippen LogP contribution in [0.25, 0.3) is 32.7 Å². The third-order valence-corrected chi connectivity index (χ3v) is 12.0.